The normalized spacial score (nSPS) is 16.0. The number of rotatable bonds is 3. The molecule has 0 fully saturated rings. The standard InChI is InChI=1S/C18H24N2S/c1-18(2,3)14-9-7-12(8-10-14)17(20-19)16-11-13-5-4-6-15(13)21-16/h7-11,17,20H,4-6,19H2,1-3H3. The molecule has 0 aliphatic heterocycles. The van der Waals surface area contributed by atoms with Gasteiger partial charge in [0.1, 0.15) is 0 Å². The number of thiophene rings is 1. The van der Waals surface area contributed by atoms with Crippen LogP contribution in [0.5, 0.6) is 0 Å². The van der Waals surface area contributed by atoms with E-state index in [9.17, 15) is 0 Å². The van der Waals surface area contributed by atoms with Gasteiger partial charge in [0, 0.05) is 9.75 Å². The van der Waals surface area contributed by atoms with Crippen LogP contribution in [-0.2, 0) is 18.3 Å². The zero-order valence-electron chi connectivity index (χ0n) is 13.1. The van der Waals surface area contributed by atoms with Crippen LogP contribution in [0.15, 0.2) is 30.3 Å². The van der Waals surface area contributed by atoms with E-state index in [0.29, 0.717) is 0 Å². The maximum atomic E-state index is 5.84. The average Bonchev–Trinajstić information content (AvgIpc) is 3.00. The van der Waals surface area contributed by atoms with Crippen LogP contribution in [0.2, 0.25) is 0 Å². The molecule has 1 aromatic carbocycles. The molecular weight excluding hydrogens is 276 g/mol. The molecule has 1 atom stereocenters. The van der Waals surface area contributed by atoms with Gasteiger partial charge in [-0.1, -0.05) is 45.0 Å². The van der Waals surface area contributed by atoms with Crippen molar-refractivity contribution in [2.24, 2.45) is 5.84 Å². The minimum atomic E-state index is 0.106. The first-order valence-corrected chi connectivity index (χ1v) is 8.49. The van der Waals surface area contributed by atoms with Crippen molar-refractivity contribution in [2.45, 2.75) is 51.5 Å². The van der Waals surface area contributed by atoms with Crippen molar-refractivity contribution in [1.29, 1.82) is 0 Å². The molecule has 1 aliphatic carbocycles. The minimum Gasteiger partial charge on any atom is -0.271 e. The Morgan fingerprint density at radius 3 is 2.43 bits per heavy atom. The first-order chi connectivity index (χ1) is 9.99. The molecule has 3 N–H and O–H groups in total. The maximum absolute atomic E-state index is 5.84. The molecule has 2 aromatic rings. The van der Waals surface area contributed by atoms with Gasteiger partial charge in [0.25, 0.3) is 0 Å². The van der Waals surface area contributed by atoms with E-state index < -0.39 is 0 Å². The summed E-state index contributed by atoms with van der Waals surface area (Å²) in [4.78, 5) is 2.89. The second-order valence-corrected chi connectivity index (χ2v) is 8.09. The monoisotopic (exact) mass is 300 g/mol. The SMILES string of the molecule is CC(C)(C)c1ccc(C(NN)c2cc3c(s2)CCC3)cc1. The zero-order valence-corrected chi connectivity index (χ0v) is 13.9. The first kappa shape index (κ1) is 14.8. The molecule has 2 nitrogen and oxygen atoms in total. The molecule has 3 rings (SSSR count). The quantitative estimate of drug-likeness (QED) is 0.662. The second-order valence-electron chi connectivity index (χ2n) is 6.92. The van der Waals surface area contributed by atoms with Gasteiger partial charge in [-0.15, -0.1) is 11.3 Å². The summed E-state index contributed by atoms with van der Waals surface area (Å²) in [5, 5.41) is 0. The highest BCUT2D eigenvalue weighted by Crippen LogP contribution is 2.36. The van der Waals surface area contributed by atoms with E-state index in [0.717, 1.165) is 0 Å². The van der Waals surface area contributed by atoms with E-state index in [1.807, 2.05) is 11.3 Å². The average molecular weight is 300 g/mol. The summed E-state index contributed by atoms with van der Waals surface area (Å²) in [6, 6.07) is 11.3. The van der Waals surface area contributed by atoms with Crippen LogP contribution in [0, 0.1) is 0 Å². The lowest BCUT2D eigenvalue weighted by atomic mass is 9.86. The van der Waals surface area contributed by atoms with Gasteiger partial charge in [0.2, 0.25) is 0 Å². The summed E-state index contributed by atoms with van der Waals surface area (Å²) in [6.45, 7) is 6.72. The molecule has 112 valence electrons. The summed E-state index contributed by atoms with van der Waals surface area (Å²) in [5.41, 5.74) is 7.31. The van der Waals surface area contributed by atoms with Crippen LogP contribution in [0.1, 0.15) is 59.7 Å². The number of fused-ring (bicyclic) bond motifs is 1. The molecule has 1 aromatic heterocycles. The number of hydrogen-bond acceptors (Lipinski definition) is 3. The topological polar surface area (TPSA) is 38.0 Å². The maximum Gasteiger partial charge on any atom is 0.0802 e. The summed E-state index contributed by atoms with van der Waals surface area (Å²) >= 11 is 1.92. The zero-order chi connectivity index (χ0) is 15.0. The van der Waals surface area contributed by atoms with E-state index in [4.69, 9.17) is 5.84 Å². The van der Waals surface area contributed by atoms with Crippen molar-refractivity contribution in [1.82, 2.24) is 5.43 Å². The van der Waals surface area contributed by atoms with Crippen molar-refractivity contribution >= 4 is 11.3 Å². The van der Waals surface area contributed by atoms with Gasteiger partial charge >= 0.3 is 0 Å². The van der Waals surface area contributed by atoms with Gasteiger partial charge < -0.3 is 0 Å². The molecule has 1 unspecified atom stereocenters. The summed E-state index contributed by atoms with van der Waals surface area (Å²) in [6.07, 6.45) is 3.77. The highest BCUT2D eigenvalue weighted by atomic mass is 32.1. The molecule has 0 saturated heterocycles. The van der Waals surface area contributed by atoms with Crippen LogP contribution < -0.4 is 11.3 Å². The molecule has 1 heterocycles. The van der Waals surface area contributed by atoms with Crippen molar-refractivity contribution in [3.8, 4) is 0 Å². The smallest absolute Gasteiger partial charge is 0.0802 e. The number of aryl methyl sites for hydroxylation is 2. The molecule has 0 saturated carbocycles. The number of hydrogen-bond donors (Lipinski definition) is 2. The second kappa shape index (κ2) is 5.56. The van der Waals surface area contributed by atoms with E-state index in [2.05, 4.69) is 56.5 Å². The lowest BCUT2D eigenvalue weighted by Gasteiger charge is -2.21. The van der Waals surface area contributed by atoms with Gasteiger partial charge in [-0.2, -0.15) is 0 Å². The molecule has 21 heavy (non-hydrogen) atoms. The van der Waals surface area contributed by atoms with Gasteiger partial charge in [0.15, 0.2) is 0 Å². The van der Waals surface area contributed by atoms with Crippen molar-refractivity contribution in [2.75, 3.05) is 0 Å². The fraction of sp³-hybridized carbons (Fsp3) is 0.444. The van der Waals surface area contributed by atoms with Crippen LogP contribution in [0.25, 0.3) is 0 Å². The van der Waals surface area contributed by atoms with Gasteiger partial charge in [-0.3, -0.25) is 5.84 Å². The predicted molar refractivity (Wildman–Crippen MR) is 90.7 cm³/mol. The van der Waals surface area contributed by atoms with Gasteiger partial charge in [-0.05, 0) is 47.4 Å². The van der Waals surface area contributed by atoms with Crippen LogP contribution >= 0.6 is 11.3 Å². The Kier molecular flexibility index (Phi) is 3.91. The third-order valence-electron chi connectivity index (χ3n) is 4.33. The highest BCUT2D eigenvalue weighted by molar-refractivity contribution is 7.12. The number of nitrogens with one attached hydrogen (secondary N) is 1. The molecular formula is C18H24N2S. The van der Waals surface area contributed by atoms with Crippen LogP contribution in [-0.4, -0.2) is 0 Å². The van der Waals surface area contributed by atoms with Crippen molar-refractivity contribution in [3.63, 3.8) is 0 Å². The predicted octanol–water partition coefficient (Wildman–Crippen LogP) is 4.09. The Hall–Kier alpha value is -1.16. The largest absolute Gasteiger partial charge is 0.271 e. The highest BCUT2D eigenvalue weighted by Gasteiger charge is 2.21. The Bertz CT molecular complexity index is 598. The summed E-state index contributed by atoms with van der Waals surface area (Å²) in [7, 11) is 0. The van der Waals surface area contributed by atoms with Gasteiger partial charge in [0.05, 0.1) is 6.04 Å². The first-order valence-electron chi connectivity index (χ1n) is 7.67. The summed E-state index contributed by atoms with van der Waals surface area (Å²) in [5.74, 6) is 5.84. The van der Waals surface area contributed by atoms with Gasteiger partial charge in [-0.25, -0.2) is 5.43 Å². The van der Waals surface area contributed by atoms with Crippen molar-refractivity contribution in [3.05, 3.63) is 56.8 Å². The van der Waals surface area contributed by atoms with Crippen molar-refractivity contribution < 1.29 is 0 Å². The third kappa shape index (κ3) is 2.91. The summed E-state index contributed by atoms with van der Waals surface area (Å²) < 4.78 is 0. The Labute approximate surface area is 131 Å². The van der Waals surface area contributed by atoms with E-state index >= 15 is 0 Å². The molecule has 1 aliphatic rings. The molecule has 0 amide bonds. The Balaban J connectivity index is 1.89. The Morgan fingerprint density at radius 2 is 1.86 bits per heavy atom. The molecule has 3 heteroatoms. The van der Waals surface area contributed by atoms with Crippen LogP contribution in [0.3, 0.4) is 0 Å². The fourth-order valence-corrected chi connectivity index (χ4v) is 4.36. The number of nitrogens with two attached hydrogens (primary N) is 1. The fourth-order valence-electron chi connectivity index (χ4n) is 3.01. The van der Waals surface area contributed by atoms with E-state index in [-0.39, 0.29) is 11.5 Å². The van der Waals surface area contributed by atoms with E-state index in [1.165, 1.54) is 40.8 Å². The molecule has 0 bridgehead atoms. The minimum absolute atomic E-state index is 0.106. The van der Waals surface area contributed by atoms with Crippen LogP contribution in [0.4, 0.5) is 0 Å². The van der Waals surface area contributed by atoms with E-state index in [1.54, 1.807) is 4.88 Å². The number of hydrazine groups is 1. The molecule has 0 radical (unpaired) electrons. The number of benzene rings is 1. The lowest BCUT2D eigenvalue weighted by molar-refractivity contribution is 0.588. The third-order valence-corrected chi connectivity index (χ3v) is 5.63. The Morgan fingerprint density at radius 1 is 1.14 bits per heavy atom. The molecule has 0 spiro atoms. The lowest BCUT2D eigenvalue weighted by Crippen LogP contribution is -2.28.